The molecule has 0 spiro atoms. The molecule has 0 saturated heterocycles. The van der Waals surface area contributed by atoms with Crippen LogP contribution in [0.4, 0.5) is 0 Å². The van der Waals surface area contributed by atoms with Crippen molar-refractivity contribution >= 4 is 16.8 Å². The molecule has 3 nitrogen and oxygen atoms in total. The molecule has 0 amide bonds. The maximum atomic E-state index is 5.84. The van der Waals surface area contributed by atoms with Crippen molar-refractivity contribution in [2.75, 3.05) is 6.61 Å². The fourth-order valence-corrected chi connectivity index (χ4v) is 2.83. The lowest BCUT2D eigenvalue weighted by Gasteiger charge is -2.04. The summed E-state index contributed by atoms with van der Waals surface area (Å²) in [7, 11) is 0. The molecule has 3 aromatic rings. The summed E-state index contributed by atoms with van der Waals surface area (Å²) in [6.45, 7) is 0.632. The third-order valence-corrected chi connectivity index (χ3v) is 3.89. The molecule has 1 atom stereocenters. The Labute approximate surface area is 129 Å². The van der Waals surface area contributed by atoms with Gasteiger partial charge in [0.2, 0.25) is 5.90 Å². The lowest BCUT2D eigenvalue weighted by atomic mass is 10.1. The summed E-state index contributed by atoms with van der Waals surface area (Å²) in [5, 5.41) is 1.11. The van der Waals surface area contributed by atoms with Gasteiger partial charge in [-0.2, -0.15) is 0 Å². The Hall–Kier alpha value is -2.68. The van der Waals surface area contributed by atoms with E-state index in [4.69, 9.17) is 9.73 Å². The Morgan fingerprint density at radius 1 is 0.955 bits per heavy atom. The van der Waals surface area contributed by atoms with E-state index in [1.54, 1.807) is 0 Å². The van der Waals surface area contributed by atoms with Crippen LogP contribution in [0.15, 0.2) is 71.9 Å². The van der Waals surface area contributed by atoms with Crippen molar-refractivity contribution < 1.29 is 4.74 Å². The minimum Gasteiger partial charge on any atom is -0.475 e. The molecule has 0 N–H and O–H groups in total. The Balaban J connectivity index is 1.64. The highest BCUT2D eigenvalue weighted by Crippen LogP contribution is 2.21. The molecule has 0 bridgehead atoms. The second-order valence-electron chi connectivity index (χ2n) is 5.47. The molecule has 1 aliphatic heterocycles. The normalized spacial score (nSPS) is 17.3. The van der Waals surface area contributed by atoms with Crippen molar-refractivity contribution in [2.45, 2.75) is 12.5 Å². The Bertz CT molecular complexity index is 822. The predicted octanol–water partition coefficient (Wildman–Crippen LogP) is 3.62. The van der Waals surface area contributed by atoms with Gasteiger partial charge in [-0.1, -0.05) is 48.5 Å². The van der Waals surface area contributed by atoms with Crippen molar-refractivity contribution in [3.8, 4) is 0 Å². The van der Waals surface area contributed by atoms with Crippen molar-refractivity contribution in [3.63, 3.8) is 0 Å². The van der Waals surface area contributed by atoms with Crippen molar-refractivity contribution in [1.82, 2.24) is 4.98 Å². The SMILES string of the molecule is c1ccc(C[C@H]2COC(c3cccc4cccnc34)=N2)cc1. The summed E-state index contributed by atoms with van der Waals surface area (Å²) in [5.41, 5.74) is 3.22. The number of aromatic nitrogens is 1. The van der Waals surface area contributed by atoms with Crippen LogP contribution < -0.4 is 0 Å². The standard InChI is InChI=1S/C19H16N2O/c1-2-6-14(7-3-1)12-16-13-22-19(21-16)17-10-4-8-15-9-5-11-20-18(15)17/h1-11,16H,12-13H2/t16-/m0/s1. The van der Waals surface area contributed by atoms with Gasteiger partial charge in [0.15, 0.2) is 0 Å². The van der Waals surface area contributed by atoms with Gasteiger partial charge in [0, 0.05) is 11.6 Å². The van der Waals surface area contributed by atoms with Gasteiger partial charge in [0.25, 0.3) is 0 Å². The number of pyridine rings is 1. The first-order chi connectivity index (χ1) is 10.9. The van der Waals surface area contributed by atoms with E-state index in [1.165, 1.54) is 5.56 Å². The van der Waals surface area contributed by atoms with Crippen molar-refractivity contribution in [3.05, 3.63) is 78.0 Å². The van der Waals surface area contributed by atoms with Crippen molar-refractivity contribution in [1.29, 1.82) is 0 Å². The number of para-hydroxylation sites is 1. The van der Waals surface area contributed by atoms with E-state index in [1.807, 2.05) is 30.5 Å². The van der Waals surface area contributed by atoms with Gasteiger partial charge in [-0.25, -0.2) is 4.99 Å². The van der Waals surface area contributed by atoms with Gasteiger partial charge in [-0.05, 0) is 24.1 Å². The van der Waals surface area contributed by atoms with Crippen LogP contribution in [0, 0.1) is 0 Å². The zero-order valence-corrected chi connectivity index (χ0v) is 12.1. The van der Waals surface area contributed by atoms with E-state index in [-0.39, 0.29) is 6.04 Å². The van der Waals surface area contributed by atoms with Gasteiger partial charge in [-0.15, -0.1) is 0 Å². The number of nitrogens with zero attached hydrogens (tertiary/aromatic N) is 2. The number of hydrogen-bond acceptors (Lipinski definition) is 3. The Morgan fingerprint density at radius 3 is 2.73 bits per heavy atom. The van der Waals surface area contributed by atoms with Gasteiger partial charge < -0.3 is 4.74 Å². The highest BCUT2D eigenvalue weighted by molar-refractivity contribution is 6.05. The molecule has 2 aromatic carbocycles. The summed E-state index contributed by atoms with van der Waals surface area (Å²) in [6.07, 6.45) is 2.71. The van der Waals surface area contributed by atoms with E-state index >= 15 is 0 Å². The zero-order chi connectivity index (χ0) is 14.8. The number of hydrogen-bond donors (Lipinski definition) is 0. The van der Waals surface area contributed by atoms with Gasteiger partial charge in [0.05, 0.1) is 17.1 Å². The molecule has 1 aliphatic rings. The summed E-state index contributed by atoms with van der Waals surface area (Å²) >= 11 is 0. The Morgan fingerprint density at radius 2 is 1.82 bits per heavy atom. The fourth-order valence-electron chi connectivity index (χ4n) is 2.83. The molecule has 0 unspecified atom stereocenters. The predicted molar refractivity (Wildman–Crippen MR) is 88.2 cm³/mol. The first kappa shape index (κ1) is 13.0. The molecule has 4 rings (SSSR count). The third kappa shape index (κ3) is 2.46. The molecule has 3 heteroatoms. The van der Waals surface area contributed by atoms with Crippen molar-refractivity contribution in [2.24, 2.45) is 4.99 Å². The van der Waals surface area contributed by atoms with E-state index in [9.17, 15) is 0 Å². The summed E-state index contributed by atoms with van der Waals surface area (Å²) in [6, 6.07) is 20.7. The van der Waals surface area contributed by atoms with E-state index < -0.39 is 0 Å². The third-order valence-electron chi connectivity index (χ3n) is 3.89. The minimum atomic E-state index is 0.177. The van der Waals surface area contributed by atoms with E-state index in [0.717, 1.165) is 22.9 Å². The number of rotatable bonds is 3. The second-order valence-corrected chi connectivity index (χ2v) is 5.47. The van der Waals surface area contributed by atoms with Crippen LogP contribution in [0.3, 0.4) is 0 Å². The van der Waals surface area contributed by atoms with Gasteiger partial charge in [0.1, 0.15) is 6.61 Å². The van der Waals surface area contributed by atoms with Crippen LogP contribution >= 0.6 is 0 Å². The van der Waals surface area contributed by atoms with Crippen LogP contribution in [0.1, 0.15) is 11.1 Å². The van der Waals surface area contributed by atoms with Crippen LogP contribution in [-0.4, -0.2) is 23.5 Å². The zero-order valence-electron chi connectivity index (χ0n) is 12.1. The monoisotopic (exact) mass is 288 g/mol. The molecule has 22 heavy (non-hydrogen) atoms. The molecular formula is C19H16N2O. The van der Waals surface area contributed by atoms with Gasteiger partial charge >= 0.3 is 0 Å². The summed E-state index contributed by atoms with van der Waals surface area (Å²) < 4.78 is 5.84. The highest BCUT2D eigenvalue weighted by atomic mass is 16.5. The molecule has 0 saturated carbocycles. The van der Waals surface area contributed by atoms with Gasteiger partial charge in [-0.3, -0.25) is 4.98 Å². The number of aliphatic imine (C=N–C) groups is 1. The summed E-state index contributed by atoms with van der Waals surface area (Å²) in [5.74, 6) is 0.713. The first-order valence-electron chi connectivity index (χ1n) is 7.49. The highest BCUT2D eigenvalue weighted by Gasteiger charge is 2.22. The average molecular weight is 288 g/mol. The molecule has 0 fully saturated rings. The Kier molecular flexibility index (Phi) is 3.31. The lowest BCUT2D eigenvalue weighted by molar-refractivity contribution is 0.317. The largest absolute Gasteiger partial charge is 0.475 e. The topological polar surface area (TPSA) is 34.5 Å². The molecule has 2 heterocycles. The smallest absolute Gasteiger partial charge is 0.218 e. The van der Waals surface area contributed by atoms with Crippen LogP contribution in [0.5, 0.6) is 0 Å². The molecular weight excluding hydrogens is 272 g/mol. The lowest BCUT2D eigenvalue weighted by Crippen LogP contribution is -2.09. The number of benzene rings is 2. The molecule has 1 aromatic heterocycles. The first-order valence-corrected chi connectivity index (χ1v) is 7.49. The second kappa shape index (κ2) is 5.60. The average Bonchev–Trinajstić information content (AvgIpc) is 3.03. The maximum Gasteiger partial charge on any atom is 0.218 e. The number of ether oxygens (including phenoxy) is 1. The van der Waals surface area contributed by atoms with Crippen LogP contribution in [0.25, 0.3) is 10.9 Å². The summed E-state index contributed by atoms with van der Waals surface area (Å²) in [4.78, 5) is 9.23. The molecule has 108 valence electrons. The van der Waals surface area contributed by atoms with E-state index in [2.05, 4.69) is 41.4 Å². The quantitative estimate of drug-likeness (QED) is 0.737. The van der Waals surface area contributed by atoms with E-state index in [0.29, 0.717) is 12.5 Å². The number of fused-ring (bicyclic) bond motifs is 1. The molecule has 0 radical (unpaired) electrons. The van der Waals surface area contributed by atoms with Crippen LogP contribution in [0.2, 0.25) is 0 Å². The van der Waals surface area contributed by atoms with Crippen LogP contribution in [-0.2, 0) is 11.2 Å². The molecule has 0 aliphatic carbocycles. The maximum absolute atomic E-state index is 5.84. The fraction of sp³-hybridized carbons (Fsp3) is 0.158. The minimum absolute atomic E-state index is 0.177.